The van der Waals surface area contributed by atoms with Gasteiger partial charge in [0.15, 0.2) is 0 Å². The van der Waals surface area contributed by atoms with E-state index in [1.54, 1.807) is 6.07 Å². The van der Waals surface area contributed by atoms with Gasteiger partial charge in [-0.1, -0.05) is 48.2 Å². The highest BCUT2D eigenvalue weighted by Gasteiger charge is 2.29. The molecule has 0 radical (unpaired) electrons. The molecular weight excluding hydrogens is 425 g/mol. The zero-order valence-electron chi connectivity index (χ0n) is 16.8. The standard InChI is InChI=1S/C22H27Cl2N3OS/c1-15-20(29-21(25-15)17-7-6-8-18(23)19(17)24)22(28)27-13-9-16(10-14-27)26-11-4-2-3-5-12-26/h6-8,16H,2-5,9-14H2,1H3. The fraction of sp³-hybridized carbons (Fsp3) is 0.545. The fourth-order valence-corrected chi connectivity index (χ4v) is 5.93. The average Bonchev–Trinajstić information content (AvgIpc) is 2.93. The lowest BCUT2D eigenvalue weighted by Gasteiger charge is -2.38. The number of carbonyl (C=O) groups is 1. The minimum Gasteiger partial charge on any atom is -0.338 e. The van der Waals surface area contributed by atoms with Gasteiger partial charge in [0.25, 0.3) is 5.91 Å². The van der Waals surface area contributed by atoms with Crippen molar-refractivity contribution < 1.29 is 4.79 Å². The summed E-state index contributed by atoms with van der Waals surface area (Å²) in [6.07, 6.45) is 7.48. The minimum absolute atomic E-state index is 0.0960. The van der Waals surface area contributed by atoms with E-state index in [4.69, 9.17) is 23.2 Å². The highest BCUT2D eigenvalue weighted by atomic mass is 35.5. The summed E-state index contributed by atoms with van der Waals surface area (Å²) in [6.45, 7) is 5.98. The molecule has 0 saturated carbocycles. The summed E-state index contributed by atoms with van der Waals surface area (Å²) in [4.78, 5) is 23.2. The van der Waals surface area contributed by atoms with Crippen molar-refractivity contribution in [2.75, 3.05) is 26.2 Å². The van der Waals surface area contributed by atoms with E-state index in [-0.39, 0.29) is 5.91 Å². The molecule has 0 spiro atoms. The van der Waals surface area contributed by atoms with Gasteiger partial charge in [-0.15, -0.1) is 11.3 Å². The van der Waals surface area contributed by atoms with Gasteiger partial charge in [-0.25, -0.2) is 4.98 Å². The number of halogens is 2. The van der Waals surface area contributed by atoms with Crippen molar-refractivity contribution >= 4 is 40.4 Å². The van der Waals surface area contributed by atoms with Crippen LogP contribution in [0.5, 0.6) is 0 Å². The molecule has 2 aliphatic rings. The second-order valence-corrected chi connectivity index (χ2v) is 9.79. The average molecular weight is 452 g/mol. The van der Waals surface area contributed by atoms with Crippen molar-refractivity contribution in [3.63, 3.8) is 0 Å². The Balaban J connectivity index is 1.44. The van der Waals surface area contributed by atoms with E-state index in [0.717, 1.165) is 42.2 Å². The van der Waals surface area contributed by atoms with Crippen molar-refractivity contribution in [1.29, 1.82) is 0 Å². The summed E-state index contributed by atoms with van der Waals surface area (Å²) >= 11 is 13.9. The molecule has 0 atom stereocenters. The van der Waals surface area contributed by atoms with Crippen LogP contribution in [0.4, 0.5) is 0 Å². The Morgan fingerprint density at radius 2 is 1.76 bits per heavy atom. The smallest absolute Gasteiger partial charge is 0.265 e. The molecule has 2 aliphatic heterocycles. The maximum Gasteiger partial charge on any atom is 0.265 e. The number of benzene rings is 1. The minimum atomic E-state index is 0.0960. The van der Waals surface area contributed by atoms with Gasteiger partial charge in [0.2, 0.25) is 0 Å². The van der Waals surface area contributed by atoms with Crippen LogP contribution in [0.2, 0.25) is 10.0 Å². The quantitative estimate of drug-likeness (QED) is 0.581. The highest BCUT2D eigenvalue weighted by Crippen LogP contribution is 2.37. The maximum atomic E-state index is 13.2. The third-order valence-electron chi connectivity index (χ3n) is 6.08. The van der Waals surface area contributed by atoms with Crippen molar-refractivity contribution in [2.45, 2.75) is 51.5 Å². The van der Waals surface area contributed by atoms with Crippen LogP contribution in [-0.2, 0) is 0 Å². The van der Waals surface area contributed by atoms with Gasteiger partial charge in [0.05, 0.1) is 15.7 Å². The molecule has 4 rings (SSSR count). The Morgan fingerprint density at radius 1 is 1.07 bits per heavy atom. The van der Waals surface area contributed by atoms with Crippen molar-refractivity contribution in [3.05, 3.63) is 38.8 Å². The first-order chi connectivity index (χ1) is 14.0. The summed E-state index contributed by atoms with van der Waals surface area (Å²) in [6, 6.07) is 6.14. The van der Waals surface area contributed by atoms with Crippen LogP contribution in [0.1, 0.15) is 53.9 Å². The van der Waals surface area contributed by atoms with Crippen LogP contribution >= 0.6 is 34.5 Å². The molecule has 1 aromatic carbocycles. The van der Waals surface area contributed by atoms with Gasteiger partial charge in [0, 0.05) is 24.7 Å². The van der Waals surface area contributed by atoms with Crippen LogP contribution in [-0.4, -0.2) is 52.9 Å². The number of nitrogens with zero attached hydrogens (tertiary/aromatic N) is 3. The van der Waals surface area contributed by atoms with Crippen molar-refractivity contribution in [1.82, 2.24) is 14.8 Å². The summed E-state index contributed by atoms with van der Waals surface area (Å²) in [5.74, 6) is 0.0960. The molecule has 2 fully saturated rings. The largest absolute Gasteiger partial charge is 0.338 e. The Hall–Kier alpha value is -1.14. The molecule has 2 aromatic rings. The number of hydrogen-bond donors (Lipinski definition) is 0. The van der Waals surface area contributed by atoms with E-state index in [0.29, 0.717) is 21.0 Å². The first-order valence-electron chi connectivity index (χ1n) is 10.5. The molecule has 0 aliphatic carbocycles. The molecule has 1 amide bonds. The molecular formula is C22H27Cl2N3OS. The Morgan fingerprint density at radius 3 is 2.45 bits per heavy atom. The predicted octanol–water partition coefficient (Wildman–Crippen LogP) is 5.91. The van der Waals surface area contributed by atoms with Crippen LogP contribution in [0, 0.1) is 6.92 Å². The van der Waals surface area contributed by atoms with Crippen molar-refractivity contribution in [2.24, 2.45) is 0 Å². The Bertz CT molecular complexity index is 869. The summed E-state index contributed by atoms with van der Waals surface area (Å²) < 4.78 is 0. The molecule has 0 unspecified atom stereocenters. The lowest BCUT2D eigenvalue weighted by molar-refractivity contribution is 0.0626. The van der Waals surface area contributed by atoms with Gasteiger partial charge < -0.3 is 9.80 Å². The van der Waals surface area contributed by atoms with Gasteiger partial charge in [0.1, 0.15) is 9.88 Å². The first kappa shape index (κ1) is 21.1. The molecule has 1 aromatic heterocycles. The number of thiazole rings is 1. The molecule has 4 nitrogen and oxygen atoms in total. The third-order valence-corrected chi connectivity index (χ3v) is 8.08. The number of aryl methyl sites for hydroxylation is 1. The lowest BCUT2D eigenvalue weighted by Crippen LogP contribution is -2.47. The molecule has 2 saturated heterocycles. The molecule has 156 valence electrons. The molecule has 3 heterocycles. The predicted molar refractivity (Wildman–Crippen MR) is 121 cm³/mol. The fourth-order valence-electron chi connectivity index (χ4n) is 4.42. The number of likely N-dealkylation sites (tertiary alicyclic amines) is 2. The highest BCUT2D eigenvalue weighted by molar-refractivity contribution is 7.17. The van der Waals surface area contributed by atoms with E-state index in [1.165, 1.54) is 50.1 Å². The SMILES string of the molecule is Cc1nc(-c2cccc(Cl)c2Cl)sc1C(=O)N1CCC(N2CCCCCC2)CC1. The number of carbonyl (C=O) groups excluding carboxylic acids is 1. The van der Waals surface area contributed by atoms with Crippen molar-refractivity contribution in [3.8, 4) is 10.6 Å². The zero-order chi connectivity index (χ0) is 20.4. The van der Waals surface area contributed by atoms with Crippen LogP contribution in [0.15, 0.2) is 18.2 Å². The van der Waals surface area contributed by atoms with Crippen LogP contribution in [0.3, 0.4) is 0 Å². The normalized spacial score (nSPS) is 19.3. The first-order valence-corrected chi connectivity index (χ1v) is 12.1. The van der Waals surface area contributed by atoms with E-state index < -0.39 is 0 Å². The number of rotatable bonds is 3. The topological polar surface area (TPSA) is 36.4 Å². The molecule has 0 bridgehead atoms. The number of hydrogen-bond acceptors (Lipinski definition) is 4. The summed E-state index contributed by atoms with van der Waals surface area (Å²) in [5, 5.41) is 1.73. The second-order valence-electron chi connectivity index (χ2n) is 8.01. The molecule has 7 heteroatoms. The van der Waals surface area contributed by atoms with Gasteiger partial charge in [-0.3, -0.25) is 4.79 Å². The molecule has 0 N–H and O–H groups in total. The van der Waals surface area contributed by atoms with Crippen LogP contribution in [0.25, 0.3) is 10.6 Å². The Labute approximate surface area is 186 Å². The van der Waals surface area contributed by atoms with E-state index in [1.807, 2.05) is 24.0 Å². The monoisotopic (exact) mass is 451 g/mol. The third kappa shape index (κ3) is 4.63. The second kappa shape index (κ2) is 9.34. The molecule has 29 heavy (non-hydrogen) atoms. The number of aromatic nitrogens is 1. The maximum absolute atomic E-state index is 13.2. The van der Waals surface area contributed by atoms with Gasteiger partial charge in [-0.05, 0) is 51.8 Å². The lowest BCUT2D eigenvalue weighted by atomic mass is 10.0. The number of amides is 1. The van der Waals surface area contributed by atoms with Crippen LogP contribution < -0.4 is 0 Å². The van der Waals surface area contributed by atoms with Gasteiger partial charge in [-0.2, -0.15) is 0 Å². The van der Waals surface area contributed by atoms with E-state index >= 15 is 0 Å². The Kier molecular flexibility index (Phi) is 6.80. The van der Waals surface area contributed by atoms with Gasteiger partial charge >= 0.3 is 0 Å². The number of piperidine rings is 1. The van der Waals surface area contributed by atoms with E-state index in [2.05, 4.69) is 9.88 Å². The van der Waals surface area contributed by atoms with E-state index in [9.17, 15) is 4.79 Å². The zero-order valence-corrected chi connectivity index (χ0v) is 19.1. The summed E-state index contributed by atoms with van der Waals surface area (Å²) in [7, 11) is 0. The summed E-state index contributed by atoms with van der Waals surface area (Å²) in [5.41, 5.74) is 1.55.